The smallest absolute Gasteiger partial charge is 0.421 e. The van der Waals surface area contributed by atoms with Crippen molar-refractivity contribution in [3.63, 3.8) is 0 Å². The highest BCUT2D eigenvalue weighted by atomic mass is 19.4. The van der Waals surface area contributed by atoms with Gasteiger partial charge in [0.25, 0.3) is 5.56 Å². The molecule has 0 saturated heterocycles. The lowest BCUT2D eigenvalue weighted by atomic mass is 10.1. The van der Waals surface area contributed by atoms with Crippen molar-refractivity contribution in [2.24, 2.45) is 7.05 Å². The number of aromatic nitrogens is 6. The van der Waals surface area contributed by atoms with E-state index in [0.29, 0.717) is 0 Å². The van der Waals surface area contributed by atoms with Gasteiger partial charge in [0, 0.05) is 25.2 Å². The highest BCUT2D eigenvalue weighted by Gasteiger charge is 2.36. The van der Waals surface area contributed by atoms with Crippen LogP contribution < -0.4 is 21.3 Å². The lowest BCUT2D eigenvalue weighted by molar-refractivity contribution is -0.139. The Labute approximate surface area is 230 Å². The zero-order chi connectivity index (χ0) is 30.1. The van der Waals surface area contributed by atoms with Gasteiger partial charge >= 0.3 is 11.9 Å². The summed E-state index contributed by atoms with van der Waals surface area (Å²) in [5.41, 5.74) is -2.41. The molecule has 0 aliphatic heterocycles. The Bertz CT molecular complexity index is 1760. The number of ether oxygens (including phenoxy) is 1. The van der Waals surface area contributed by atoms with Gasteiger partial charge in [-0.25, -0.2) is 19.7 Å². The Balaban J connectivity index is 1.65. The molecule has 12 nitrogen and oxygen atoms in total. The van der Waals surface area contributed by atoms with E-state index in [4.69, 9.17) is 4.74 Å². The molecule has 1 atom stereocenters. The number of rotatable bonds is 9. The van der Waals surface area contributed by atoms with Crippen molar-refractivity contribution in [1.29, 1.82) is 0 Å². The summed E-state index contributed by atoms with van der Waals surface area (Å²) >= 11 is 0. The van der Waals surface area contributed by atoms with Crippen molar-refractivity contribution < 1.29 is 27.5 Å². The molecule has 0 aromatic carbocycles. The molecule has 216 valence electrons. The number of aryl methyl sites for hydroxylation is 1. The molecule has 0 bridgehead atoms. The summed E-state index contributed by atoms with van der Waals surface area (Å²) in [6, 6.07) is 4.23. The van der Waals surface area contributed by atoms with Crippen molar-refractivity contribution in [3.05, 3.63) is 63.2 Å². The molecule has 1 amide bonds. The minimum atomic E-state index is -4.71. The molecule has 4 aromatic rings. The van der Waals surface area contributed by atoms with Crippen LogP contribution in [0.25, 0.3) is 22.4 Å². The van der Waals surface area contributed by atoms with Crippen LogP contribution in [0.5, 0.6) is 5.88 Å². The molecule has 1 N–H and O–H groups in total. The minimum Gasteiger partial charge on any atom is -0.478 e. The number of nitrogens with zero attached hydrogens (tertiary/aromatic N) is 6. The van der Waals surface area contributed by atoms with E-state index in [1.165, 1.54) is 49.3 Å². The van der Waals surface area contributed by atoms with Gasteiger partial charge in [-0.2, -0.15) is 13.2 Å². The van der Waals surface area contributed by atoms with Gasteiger partial charge in [0.2, 0.25) is 11.8 Å². The van der Waals surface area contributed by atoms with Gasteiger partial charge in [-0.1, -0.05) is 13.0 Å². The number of hydrogen-bond acceptors (Lipinski definition) is 8. The Hall–Kier alpha value is -4.82. The van der Waals surface area contributed by atoms with Crippen molar-refractivity contribution in [2.75, 3.05) is 11.9 Å². The normalized spacial score (nSPS) is 12.4. The molecule has 0 saturated carbocycles. The standard InChI is InChI=1S/C26H26F3N7O5/c1-5-16(37)12-35-24(39)20-21(34(4)25(35)40)31-13-36(20)14(3)22(38)33-19-9-7-8-18(32-19)15-10-17(26(27,28)29)23(30-11-15)41-6-2/h7-11,13-14H,5-6,12H2,1-4H3,(H,32,33,38). The second kappa shape index (κ2) is 11.3. The maximum atomic E-state index is 13.6. The van der Waals surface area contributed by atoms with E-state index in [-0.39, 0.29) is 47.1 Å². The van der Waals surface area contributed by atoms with Crippen LogP contribution in [0.4, 0.5) is 19.0 Å². The number of Topliss-reactive ketones (excluding diaryl/α,β-unsaturated/α-hetero) is 1. The minimum absolute atomic E-state index is 0.000583. The first kappa shape index (κ1) is 29.2. The molecule has 4 rings (SSSR count). The number of pyridine rings is 2. The number of hydrogen-bond donors (Lipinski definition) is 1. The van der Waals surface area contributed by atoms with Crippen LogP contribution in [-0.4, -0.2) is 47.0 Å². The number of fused-ring (bicyclic) bond motifs is 1. The van der Waals surface area contributed by atoms with E-state index in [9.17, 15) is 32.3 Å². The van der Waals surface area contributed by atoms with E-state index in [2.05, 4.69) is 20.3 Å². The zero-order valence-electron chi connectivity index (χ0n) is 22.5. The van der Waals surface area contributed by atoms with Crippen molar-refractivity contribution >= 4 is 28.7 Å². The molecular formula is C26H26F3N7O5. The van der Waals surface area contributed by atoms with Crippen LogP contribution >= 0.6 is 0 Å². The molecule has 0 fully saturated rings. The predicted octanol–water partition coefficient (Wildman–Crippen LogP) is 2.95. The maximum Gasteiger partial charge on any atom is 0.421 e. The van der Waals surface area contributed by atoms with Crippen molar-refractivity contribution in [1.82, 2.24) is 28.7 Å². The van der Waals surface area contributed by atoms with E-state index in [1.807, 2.05) is 0 Å². The van der Waals surface area contributed by atoms with Gasteiger partial charge in [0.15, 0.2) is 16.9 Å². The van der Waals surface area contributed by atoms with Crippen LogP contribution in [0, 0.1) is 0 Å². The Morgan fingerprint density at radius 1 is 1.15 bits per heavy atom. The number of carbonyl (C=O) groups excluding carboxylic acids is 2. The summed E-state index contributed by atoms with van der Waals surface area (Å²) in [6.45, 7) is 4.22. The Kier molecular flexibility index (Phi) is 8.07. The van der Waals surface area contributed by atoms with Gasteiger partial charge < -0.3 is 14.6 Å². The predicted molar refractivity (Wildman–Crippen MR) is 142 cm³/mol. The molecule has 4 aromatic heterocycles. The first-order valence-electron chi connectivity index (χ1n) is 12.5. The summed E-state index contributed by atoms with van der Waals surface area (Å²) in [6.07, 6.45) is -2.17. The van der Waals surface area contributed by atoms with E-state index in [1.54, 1.807) is 13.8 Å². The van der Waals surface area contributed by atoms with Crippen LogP contribution in [0.1, 0.15) is 38.8 Å². The lowest BCUT2D eigenvalue weighted by Crippen LogP contribution is -2.41. The first-order chi connectivity index (χ1) is 19.4. The summed E-state index contributed by atoms with van der Waals surface area (Å²) < 4.78 is 48.9. The average Bonchev–Trinajstić information content (AvgIpc) is 3.39. The fraction of sp³-hybridized carbons (Fsp3) is 0.346. The van der Waals surface area contributed by atoms with Crippen LogP contribution in [0.2, 0.25) is 0 Å². The fourth-order valence-corrected chi connectivity index (χ4v) is 4.08. The Morgan fingerprint density at radius 3 is 2.54 bits per heavy atom. The topological polar surface area (TPSA) is 143 Å². The second-order valence-corrected chi connectivity index (χ2v) is 9.03. The molecule has 0 radical (unpaired) electrons. The number of carbonyl (C=O) groups is 2. The highest BCUT2D eigenvalue weighted by Crippen LogP contribution is 2.37. The monoisotopic (exact) mass is 573 g/mol. The summed E-state index contributed by atoms with van der Waals surface area (Å²) in [4.78, 5) is 63.1. The molecule has 0 spiro atoms. The molecular weight excluding hydrogens is 547 g/mol. The van der Waals surface area contributed by atoms with Gasteiger partial charge in [-0.15, -0.1) is 0 Å². The third-order valence-corrected chi connectivity index (χ3v) is 6.32. The summed E-state index contributed by atoms with van der Waals surface area (Å²) in [7, 11) is 1.40. The largest absolute Gasteiger partial charge is 0.478 e. The summed E-state index contributed by atoms with van der Waals surface area (Å²) in [5, 5.41) is 2.59. The zero-order valence-corrected chi connectivity index (χ0v) is 22.5. The van der Waals surface area contributed by atoms with Crippen molar-refractivity contribution in [2.45, 2.75) is 46.0 Å². The SMILES string of the molecule is CCOc1ncc(-c2cccc(NC(=O)C(C)n3cnc4c3c(=O)n(CC(=O)CC)c(=O)n4C)n2)cc1C(F)(F)F. The number of ketones is 1. The molecule has 0 aliphatic carbocycles. The number of nitrogens with one attached hydrogen (secondary N) is 1. The third kappa shape index (κ3) is 5.73. The van der Waals surface area contributed by atoms with Gasteiger partial charge in [-0.05, 0) is 32.0 Å². The van der Waals surface area contributed by atoms with E-state index >= 15 is 0 Å². The van der Waals surface area contributed by atoms with Gasteiger partial charge in [0.05, 0.1) is 25.2 Å². The number of imidazole rings is 1. The number of amides is 1. The third-order valence-electron chi connectivity index (χ3n) is 6.32. The number of anilines is 1. The van der Waals surface area contributed by atoms with Gasteiger partial charge in [-0.3, -0.25) is 23.5 Å². The maximum absolute atomic E-state index is 13.6. The molecule has 4 heterocycles. The van der Waals surface area contributed by atoms with Crippen LogP contribution in [0.15, 0.2) is 46.4 Å². The van der Waals surface area contributed by atoms with Crippen LogP contribution in [0.3, 0.4) is 0 Å². The Morgan fingerprint density at radius 2 is 1.88 bits per heavy atom. The fourth-order valence-electron chi connectivity index (χ4n) is 4.08. The molecule has 1 unspecified atom stereocenters. The molecule has 41 heavy (non-hydrogen) atoms. The summed E-state index contributed by atoms with van der Waals surface area (Å²) in [5.74, 6) is -1.47. The quantitative estimate of drug-likeness (QED) is 0.322. The van der Waals surface area contributed by atoms with E-state index in [0.717, 1.165) is 15.2 Å². The first-order valence-corrected chi connectivity index (χ1v) is 12.5. The second-order valence-electron chi connectivity index (χ2n) is 9.03. The lowest BCUT2D eigenvalue weighted by Gasteiger charge is -2.16. The average molecular weight is 574 g/mol. The number of alkyl halides is 3. The van der Waals surface area contributed by atoms with Crippen LogP contribution in [-0.2, 0) is 29.4 Å². The van der Waals surface area contributed by atoms with Gasteiger partial charge in [0.1, 0.15) is 17.4 Å². The van der Waals surface area contributed by atoms with E-state index < -0.39 is 47.4 Å². The van der Waals surface area contributed by atoms with Crippen molar-refractivity contribution in [3.8, 4) is 17.1 Å². The molecule has 15 heteroatoms. The highest BCUT2D eigenvalue weighted by molar-refractivity contribution is 5.93. The number of halogens is 3. The molecule has 0 aliphatic rings.